The zero-order valence-electron chi connectivity index (χ0n) is 15.0. The Morgan fingerprint density at radius 3 is 2.44 bits per heavy atom. The lowest BCUT2D eigenvalue weighted by Gasteiger charge is -2.14. The van der Waals surface area contributed by atoms with Crippen molar-refractivity contribution >= 4 is 17.5 Å². The second-order valence-electron chi connectivity index (χ2n) is 5.45. The maximum Gasteiger partial charge on any atom is 0.273 e. The average molecular weight is 346 g/mol. The normalized spacial score (nSPS) is 10.3. The van der Waals surface area contributed by atoms with Crippen LogP contribution in [0, 0.1) is 0 Å². The summed E-state index contributed by atoms with van der Waals surface area (Å²) in [5.74, 6) is 0.372. The molecule has 0 spiro atoms. The van der Waals surface area contributed by atoms with Crippen molar-refractivity contribution in [2.45, 2.75) is 13.5 Å². The standard InChI is InChI=1S/C17H22N4O4/c1-6-21-15(17(23)20(2)3)12(10-18-21)19-16(22)11-7-8-13(24-4)14(9-11)25-5/h7-10H,6H2,1-5H3,(H,19,22). The van der Waals surface area contributed by atoms with Crippen LogP contribution < -0.4 is 14.8 Å². The van der Waals surface area contributed by atoms with E-state index in [9.17, 15) is 9.59 Å². The Bertz CT molecular complexity index is 783. The fraction of sp³-hybridized carbons (Fsp3) is 0.353. The van der Waals surface area contributed by atoms with Crippen molar-refractivity contribution in [3.05, 3.63) is 35.7 Å². The lowest BCUT2D eigenvalue weighted by molar-refractivity contribution is 0.0816. The average Bonchev–Trinajstić information content (AvgIpc) is 3.02. The molecule has 2 rings (SSSR count). The highest BCUT2D eigenvalue weighted by Gasteiger charge is 2.22. The van der Waals surface area contributed by atoms with Crippen LogP contribution >= 0.6 is 0 Å². The van der Waals surface area contributed by atoms with E-state index in [0.717, 1.165) is 0 Å². The molecule has 0 fully saturated rings. The predicted molar refractivity (Wildman–Crippen MR) is 93.4 cm³/mol. The first-order valence-corrected chi connectivity index (χ1v) is 7.73. The van der Waals surface area contributed by atoms with Crippen LogP contribution in [0.15, 0.2) is 24.4 Å². The minimum Gasteiger partial charge on any atom is -0.493 e. The quantitative estimate of drug-likeness (QED) is 0.863. The number of aryl methyl sites for hydroxylation is 1. The number of carbonyl (C=O) groups is 2. The summed E-state index contributed by atoms with van der Waals surface area (Å²) in [5.41, 5.74) is 1.08. The summed E-state index contributed by atoms with van der Waals surface area (Å²) in [6.07, 6.45) is 1.47. The fourth-order valence-corrected chi connectivity index (χ4v) is 2.33. The van der Waals surface area contributed by atoms with E-state index in [0.29, 0.717) is 35.0 Å². The topological polar surface area (TPSA) is 85.7 Å². The summed E-state index contributed by atoms with van der Waals surface area (Å²) in [5, 5.41) is 6.90. The number of aromatic nitrogens is 2. The predicted octanol–water partition coefficient (Wildman–Crippen LogP) is 1.87. The largest absolute Gasteiger partial charge is 0.493 e. The highest BCUT2D eigenvalue weighted by atomic mass is 16.5. The van der Waals surface area contributed by atoms with Crippen LogP contribution in [-0.4, -0.2) is 54.8 Å². The number of benzene rings is 1. The van der Waals surface area contributed by atoms with Gasteiger partial charge in [-0.2, -0.15) is 5.10 Å². The monoisotopic (exact) mass is 346 g/mol. The molecule has 0 radical (unpaired) electrons. The molecular formula is C17H22N4O4. The number of amides is 2. The Kier molecular flexibility index (Phi) is 5.63. The molecule has 0 bridgehead atoms. The lowest BCUT2D eigenvalue weighted by atomic mass is 10.2. The number of ether oxygens (including phenoxy) is 2. The molecule has 1 N–H and O–H groups in total. The van der Waals surface area contributed by atoms with E-state index in [1.54, 1.807) is 37.0 Å². The van der Waals surface area contributed by atoms with E-state index in [1.807, 2.05) is 6.92 Å². The second kappa shape index (κ2) is 7.69. The number of rotatable bonds is 6. The fourth-order valence-electron chi connectivity index (χ4n) is 2.33. The van der Waals surface area contributed by atoms with Crippen LogP contribution in [0.4, 0.5) is 5.69 Å². The van der Waals surface area contributed by atoms with Gasteiger partial charge in [0.2, 0.25) is 0 Å². The zero-order valence-corrected chi connectivity index (χ0v) is 15.0. The Hall–Kier alpha value is -3.03. The van der Waals surface area contributed by atoms with Gasteiger partial charge in [0.15, 0.2) is 11.5 Å². The van der Waals surface area contributed by atoms with Gasteiger partial charge in [0.25, 0.3) is 11.8 Å². The molecule has 0 aliphatic carbocycles. The van der Waals surface area contributed by atoms with Crippen LogP contribution in [0.2, 0.25) is 0 Å². The van der Waals surface area contributed by atoms with E-state index in [4.69, 9.17) is 9.47 Å². The van der Waals surface area contributed by atoms with Gasteiger partial charge in [0, 0.05) is 26.2 Å². The van der Waals surface area contributed by atoms with Crippen LogP contribution in [-0.2, 0) is 6.54 Å². The third kappa shape index (κ3) is 3.73. The van der Waals surface area contributed by atoms with Gasteiger partial charge in [-0.1, -0.05) is 0 Å². The van der Waals surface area contributed by atoms with E-state index >= 15 is 0 Å². The molecular weight excluding hydrogens is 324 g/mol. The third-order valence-corrected chi connectivity index (χ3v) is 3.64. The molecule has 0 saturated heterocycles. The Morgan fingerprint density at radius 2 is 1.88 bits per heavy atom. The van der Waals surface area contributed by atoms with Crippen LogP contribution in [0.5, 0.6) is 11.5 Å². The maximum atomic E-state index is 12.6. The molecule has 8 nitrogen and oxygen atoms in total. The number of hydrogen-bond acceptors (Lipinski definition) is 5. The zero-order chi connectivity index (χ0) is 18.6. The van der Waals surface area contributed by atoms with Crippen molar-refractivity contribution in [1.29, 1.82) is 0 Å². The molecule has 134 valence electrons. The minimum absolute atomic E-state index is 0.234. The van der Waals surface area contributed by atoms with Crippen molar-refractivity contribution in [3.8, 4) is 11.5 Å². The van der Waals surface area contributed by atoms with E-state index in [-0.39, 0.29) is 11.8 Å². The molecule has 0 aliphatic heterocycles. The van der Waals surface area contributed by atoms with E-state index < -0.39 is 0 Å². The molecule has 0 unspecified atom stereocenters. The maximum absolute atomic E-state index is 12.6. The molecule has 2 aromatic rings. The molecule has 8 heteroatoms. The SMILES string of the molecule is CCn1ncc(NC(=O)c2ccc(OC)c(OC)c2)c1C(=O)N(C)C. The van der Waals surface area contributed by atoms with Crippen LogP contribution in [0.25, 0.3) is 0 Å². The summed E-state index contributed by atoms with van der Waals surface area (Å²) < 4.78 is 11.9. The molecule has 1 aromatic carbocycles. The molecule has 0 atom stereocenters. The lowest BCUT2D eigenvalue weighted by Crippen LogP contribution is -2.26. The van der Waals surface area contributed by atoms with Gasteiger partial charge >= 0.3 is 0 Å². The second-order valence-corrected chi connectivity index (χ2v) is 5.45. The summed E-state index contributed by atoms with van der Waals surface area (Å²) in [6, 6.07) is 4.84. The van der Waals surface area contributed by atoms with Crippen molar-refractivity contribution in [1.82, 2.24) is 14.7 Å². The first-order valence-electron chi connectivity index (χ1n) is 7.73. The van der Waals surface area contributed by atoms with Gasteiger partial charge in [-0.3, -0.25) is 14.3 Å². The van der Waals surface area contributed by atoms with Crippen LogP contribution in [0.1, 0.15) is 27.8 Å². The number of methoxy groups -OCH3 is 2. The first-order chi connectivity index (χ1) is 11.9. The van der Waals surface area contributed by atoms with Crippen LogP contribution in [0.3, 0.4) is 0 Å². The van der Waals surface area contributed by atoms with Gasteiger partial charge < -0.3 is 19.7 Å². The van der Waals surface area contributed by atoms with E-state index in [1.165, 1.54) is 25.3 Å². The summed E-state index contributed by atoms with van der Waals surface area (Å²) >= 11 is 0. The smallest absolute Gasteiger partial charge is 0.273 e. The number of nitrogens with one attached hydrogen (secondary N) is 1. The van der Waals surface area contributed by atoms with Gasteiger partial charge in [-0.25, -0.2) is 0 Å². The van der Waals surface area contributed by atoms with Gasteiger partial charge in [0.1, 0.15) is 5.69 Å². The molecule has 25 heavy (non-hydrogen) atoms. The highest BCUT2D eigenvalue weighted by Crippen LogP contribution is 2.28. The first kappa shape index (κ1) is 18.3. The van der Waals surface area contributed by atoms with Crippen molar-refractivity contribution < 1.29 is 19.1 Å². The highest BCUT2D eigenvalue weighted by molar-refractivity contribution is 6.08. The Labute approximate surface area is 146 Å². The summed E-state index contributed by atoms with van der Waals surface area (Å²) in [6.45, 7) is 2.39. The number of hydrogen-bond donors (Lipinski definition) is 1. The molecule has 0 aliphatic rings. The molecule has 1 aromatic heterocycles. The Balaban J connectivity index is 2.32. The number of nitrogens with zero attached hydrogens (tertiary/aromatic N) is 3. The van der Waals surface area contributed by atoms with Gasteiger partial charge in [0.05, 0.1) is 26.1 Å². The van der Waals surface area contributed by atoms with Crippen molar-refractivity contribution in [2.75, 3.05) is 33.6 Å². The molecule has 2 amide bonds. The summed E-state index contributed by atoms with van der Waals surface area (Å²) in [7, 11) is 6.32. The molecule has 1 heterocycles. The number of anilines is 1. The molecule has 0 saturated carbocycles. The minimum atomic E-state index is -0.371. The van der Waals surface area contributed by atoms with Gasteiger partial charge in [-0.05, 0) is 25.1 Å². The van der Waals surface area contributed by atoms with Gasteiger partial charge in [-0.15, -0.1) is 0 Å². The number of carbonyl (C=O) groups excluding carboxylic acids is 2. The Morgan fingerprint density at radius 1 is 1.20 bits per heavy atom. The van der Waals surface area contributed by atoms with E-state index in [2.05, 4.69) is 10.4 Å². The summed E-state index contributed by atoms with van der Waals surface area (Å²) in [4.78, 5) is 26.4. The van der Waals surface area contributed by atoms with Crippen molar-refractivity contribution in [3.63, 3.8) is 0 Å². The van der Waals surface area contributed by atoms with Crippen molar-refractivity contribution in [2.24, 2.45) is 0 Å². The third-order valence-electron chi connectivity index (χ3n) is 3.64.